The quantitative estimate of drug-likeness (QED) is 0.600. The second-order valence-corrected chi connectivity index (χ2v) is 5.38. The van der Waals surface area contributed by atoms with Crippen molar-refractivity contribution in [2.75, 3.05) is 6.61 Å². The highest BCUT2D eigenvalue weighted by molar-refractivity contribution is 5.87. The van der Waals surface area contributed by atoms with E-state index in [1.54, 1.807) is 13.0 Å². The molecule has 2 rings (SSSR count). The van der Waals surface area contributed by atoms with Gasteiger partial charge in [-0.1, -0.05) is 42.5 Å². The van der Waals surface area contributed by atoms with Gasteiger partial charge < -0.3 is 4.74 Å². The Morgan fingerprint density at radius 3 is 2.45 bits per heavy atom. The number of carbonyl (C=O) groups is 1. The van der Waals surface area contributed by atoms with Crippen molar-refractivity contribution < 1.29 is 9.53 Å². The largest absolute Gasteiger partial charge is 0.463 e. The molecule has 0 aliphatic carbocycles. The minimum absolute atomic E-state index is 0.303. The molecule has 0 amide bonds. The molecule has 0 heterocycles. The SMILES string of the molecule is CCOC(=O)/C=C/c1cccc(Cc2c(C)cccc2C)c1. The molecule has 0 bridgehead atoms. The summed E-state index contributed by atoms with van der Waals surface area (Å²) >= 11 is 0. The van der Waals surface area contributed by atoms with Crippen LogP contribution in [0.5, 0.6) is 0 Å². The molecule has 0 aliphatic heterocycles. The molecular formula is C20H22O2. The first-order chi connectivity index (χ1) is 10.6. The van der Waals surface area contributed by atoms with Crippen LogP contribution in [0, 0.1) is 13.8 Å². The van der Waals surface area contributed by atoms with Gasteiger partial charge in [0, 0.05) is 6.08 Å². The second kappa shape index (κ2) is 7.60. The van der Waals surface area contributed by atoms with E-state index in [0.717, 1.165) is 12.0 Å². The molecule has 0 unspecified atom stereocenters. The van der Waals surface area contributed by atoms with Gasteiger partial charge in [0.15, 0.2) is 0 Å². The van der Waals surface area contributed by atoms with Crippen LogP contribution in [0.15, 0.2) is 48.5 Å². The van der Waals surface area contributed by atoms with Gasteiger partial charge in [-0.3, -0.25) is 0 Å². The molecular weight excluding hydrogens is 272 g/mol. The fourth-order valence-electron chi connectivity index (χ4n) is 2.49. The van der Waals surface area contributed by atoms with Crippen LogP contribution in [-0.4, -0.2) is 12.6 Å². The number of ether oxygens (including phenoxy) is 1. The third-order valence-electron chi connectivity index (χ3n) is 3.67. The molecule has 2 aromatic rings. The number of rotatable bonds is 5. The smallest absolute Gasteiger partial charge is 0.330 e. The van der Waals surface area contributed by atoms with E-state index < -0.39 is 0 Å². The number of benzene rings is 2. The van der Waals surface area contributed by atoms with Crippen LogP contribution < -0.4 is 0 Å². The molecule has 0 saturated heterocycles. The van der Waals surface area contributed by atoms with Crippen molar-refractivity contribution in [2.24, 2.45) is 0 Å². The molecule has 0 saturated carbocycles. The van der Waals surface area contributed by atoms with Gasteiger partial charge in [0.05, 0.1) is 6.61 Å². The highest BCUT2D eigenvalue weighted by Crippen LogP contribution is 2.19. The molecule has 0 aliphatic rings. The Hall–Kier alpha value is -2.35. The first-order valence-electron chi connectivity index (χ1n) is 7.59. The van der Waals surface area contributed by atoms with E-state index in [-0.39, 0.29) is 5.97 Å². The van der Waals surface area contributed by atoms with Crippen molar-refractivity contribution in [2.45, 2.75) is 27.2 Å². The van der Waals surface area contributed by atoms with Gasteiger partial charge in [-0.2, -0.15) is 0 Å². The van der Waals surface area contributed by atoms with Crippen molar-refractivity contribution in [3.8, 4) is 0 Å². The Balaban J connectivity index is 2.17. The molecule has 0 N–H and O–H groups in total. The third-order valence-corrected chi connectivity index (χ3v) is 3.67. The Morgan fingerprint density at radius 2 is 1.77 bits per heavy atom. The molecule has 0 atom stereocenters. The lowest BCUT2D eigenvalue weighted by molar-refractivity contribution is -0.137. The molecule has 0 spiro atoms. The van der Waals surface area contributed by atoms with Crippen LogP contribution in [-0.2, 0) is 16.0 Å². The standard InChI is InChI=1S/C20H22O2/c1-4-22-20(21)12-11-17-9-6-10-18(13-17)14-19-15(2)7-5-8-16(19)3/h5-13H,4,14H2,1-3H3/b12-11+. The zero-order valence-corrected chi connectivity index (χ0v) is 13.4. The van der Waals surface area contributed by atoms with Crippen LogP contribution in [0.3, 0.4) is 0 Å². The molecule has 0 aromatic heterocycles. The molecule has 2 nitrogen and oxygen atoms in total. The summed E-state index contributed by atoms with van der Waals surface area (Å²) in [6.07, 6.45) is 4.17. The summed E-state index contributed by atoms with van der Waals surface area (Å²) in [6, 6.07) is 14.6. The molecule has 2 heteroatoms. The van der Waals surface area contributed by atoms with Gasteiger partial charge in [0.2, 0.25) is 0 Å². The summed E-state index contributed by atoms with van der Waals surface area (Å²) in [7, 11) is 0. The Kier molecular flexibility index (Phi) is 5.54. The molecule has 2 aromatic carbocycles. The number of hydrogen-bond acceptors (Lipinski definition) is 2. The first-order valence-corrected chi connectivity index (χ1v) is 7.59. The molecule has 0 radical (unpaired) electrons. The van der Waals surface area contributed by atoms with Crippen LogP contribution in [0.2, 0.25) is 0 Å². The van der Waals surface area contributed by atoms with E-state index in [9.17, 15) is 4.79 Å². The fraction of sp³-hybridized carbons (Fsp3) is 0.250. The summed E-state index contributed by atoms with van der Waals surface area (Å²) in [6.45, 7) is 6.49. The summed E-state index contributed by atoms with van der Waals surface area (Å²) < 4.78 is 4.90. The predicted octanol–water partition coefficient (Wildman–Crippen LogP) is 4.47. The minimum atomic E-state index is -0.303. The predicted molar refractivity (Wildman–Crippen MR) is 90.8 cm³/mol. The van der Waals surface area contributed by atoms with Gasteiger partial charge >= 0.3 is 5.97 Å². The maximum absolute atomic E-state index is 11.4. The lowest BCUT2D eigenvalue weighted by Gasteiger charge is -2.10. The summed E-state index contributed by atoms with van der Waals surface area (Å²) in [5.74, 6) is -0.303. The lowest BCUT2D eigenvalue weighted by Crippen LogP contribution is -1.98. The monoisotopic (exact) mass is 294 g/mol. The highest BCUT2D eigenvalue weighted by atomic mass is 16.5. The average Bonchev–Trinajstić information content (AvgIpc) is 2.50. The van der Waals surface area contributed by atoms with Gasteiger partial charge in [-0.15, -0.1) is 0 Å². The topological polar surface area (TPSA) is 26.3 Å². The summed E-state index contributed by atoms with van der Waals surface area (Å²) in [4.78, 5) is 11.4. The van der Waals surface area contributed by atoms with Crippen molar-refractivity contribution in [1.82, 2.24) is 0 Å². The van der Waals surface area contributed by atoms with E-state index in [1.807, 2.05) is 12.1 Å². The van der Waals surface area contributed by atoms with Gasteiger partial charge in [0.1, 0.15) is 0 Å². The maximum Gasteiger partial charge on any atom is 0.330 e. The average molecular weight is 294 g/mol. The third kappa shape index (κ3) is 4.32. The lowest BCUT2D eigenvalue weighted by atomic mass is 9.95. The normalized spacial score (nSPS) is 10.9. The Morgan fingerprint density at radius 1 is 1.09 bits per heavy atom. The minimum Gasteiger partial charge on any atom is -0.463 e. The zero-order chi connectivity index (χ0) is 15.9. The van der Waals surface area contributed by atoms with Gasteiger partial charge in [0.25, 0.3) is 0 Å². The van der Waals surface area contributed by atoms with Gasteiger partial charge in [-0.05, 0) is 61.1 Å². The first kappa shape index (κ1) is 16.0. The molecule has 22 heavy (non-hydrogen) atoms. The number of carbonyl (C=O) groups excluding carboxylic acids is 1. The van der Waals surface area contributed by atoms with Crippen LogP contribution in [0.25, 0.3) is 6.08 Å². The van der Waals surface area contributed by atoms with Crippen molar-refractivity contribution >= 4 is 12.0 Å². The van der Waals surface area contributed by atoms with E-state index in [0.29, 0.717) is 6.61 Å². The van der Waals surface area contributed by atoms with E-state index in [4.69, 9.17) is 4.74 Å². The number of hydrogen-bond donors (Lipinski definition) is 0. The van der Waals surface area contributed by atoms with E-state index in [1.165, 1.54) is 28.3 Å². The van der Waals surface area contributed by atoms with Crippen LogP contribution in [0.4, 0.5) is 0 Å². The van der Waals surface area contributed by atoms with E-state index >= 15 is 0 Å². The van der Waals surface area contributed by atoms with Crippen molar-refractivity contribution in [3.05, 3.63) is 76.4 Å². The highest BCUT2D eigenvalue weighted by Gasteiger charge is 2.04. The van der Waals surface area contributed by atoms with E-state index in [2.05, 4.69) is 44.2 Å². The Bertz CT molecular complexity index is 664. The fourth-order valence-corrected chi connectivity index (χ4v) is 2.49. The summed E-state index contributed by atoms with van der Waals surface area (Å²) in [5.41, 5.74) is 6.24. The van der Waals surface area contributed by atoms with Gasteiger partial charge in [-0.25, -0.2) is 4.79 Å². The van der Waals surface area contributed by atoms with Crippen LogP contribution >= 0.6 is 0 Å². The summed E-state index contributed by atoms with van der Waals surface area (Å²) in [5, 5.41) is 0. The second-order valence-electron chi connectivity index (χ2n) is 5.38. The number of esters is 1. The van der Waals surface area contributed by atoms with Crippen LogP contribution in [0.1, 0.15) is 34.7 Å². The number of aryl methyl sites for hydroxylation is 2. The van der Waals surface area contributed by atoms with Crippen molar-refractivity contribution in [1.29, 1.82) is 0 Å². The molecule has 114 valence electrons. The zero-order valence-electron chi connectivity index (χ0n) is 13.4. The Labute approximate surface area is 132 Å². The maximum atomic E-state index is 11.4. The molecule has 0 fully saturated rings. The van der Waals surface area contributed by atoms with Crippen molar-refractivity contribution in [3.63, 3.8) is 0 Å².